The van der Waals surface area contributed by atoms with Crippen LogP contribution in [0.5, 0.6) is 0 Å². The van der Waals surface area contributed by atoms with Crippen LogP contribution in [0.25, 0.3) is 0 Å². The van der Waals surface area contributed by atoms with Crippen LogP contribution in [-0.2, 0) is 11.3 Å². The molecule has 24 heavy (non-hydrogen) atoms. The number of nitrogens with zero attached hydrogens (tertiary/aromatic N) is 4. The van der Waals surface area contributed by atoms with Crippen molar-refractivity contribution in [3.05, 3.63) is 28.8 Å². The third-order valence-electron chi connectivity index (χ3n) is 4.44. The van der Waals surface area contributed by atoms with E-state index in [1.54, 1.807) is 7.11 Å². The van der Waals surface area contributed by atoms with Gasteiger partial charge in [-0.15, -0.1) is 0 Å². The van der Waals surface area contributed by atoms with Gasteiger partial charge in [-0.25, -0.2) is 9.97 Å². The fraction of sp³-hybridized carbons (Fsp3) is 0.562. The van der Waals surface area contributed by atoms with Crippen LogP contribution in [0.4, 0.5) is 5.13 Å². The van der Waals surface area contributed by atoms with Crippen molar-refractivity contribution in [2.75, 3.05) is 32.5 Å². The Morgan fingerprint density at radius 1 is 1.46 bits per heavy atom. The molecule has 7 nitrogen and oxygen atoms in total. The molecule has 3 heterocycles. The smallest absolute Gasteiger partial charge is 0.265 e. The molecule has 1 fully saturated rings. The topological polar surface area (TPSA) is 86.3 Å². The lowest BCUT2D eigenvalue weighted by Gasteiger charge is -2.31. The van der Waals surface area contributed by atoms with Gasteiger partial charge in [0.25, 0.3) is 5.91 Å². The van der Waals surface area contributed by atoms with E-state index in [0.717, 1.165) is 44.0 Å². The number of aromatic nitrogens is 3. The molecular weight excluding hydrogens is 326 g/mol. The van der Waals surface area contributed by atoms with Crippen molar-refractivity contribution in [2.24, 2.45) is 0 Å². The molecule has 2 N–H and O–H groups in total. The molecule has 0 aromatic carbocycles. The van der Waals surface area contributed by atoms with Crippen LogP contribution in [-0.4, -0.2) is 52.1 Å². The summed E-state index contributed by atoms with van der Waals surface area (Å²) in [5, 5.41) is 0.450. The number of amides is 1. The lowest BCUT2D eigenvalue weighted by atomic mass is 9.95. The summed E-state index contributed by atoms with van der Waals surface area (Å²) in [6, 6.07) is 0. The molecule has 0 spiro atoms. The van der Waals surface area contributed by atoms with Gasteiger partial charge >= 0.3 is 0 Å². The Kier molecular flexibility index (Phi) is 5.15. The standard InChI is InChI=1S/C16H23N5O2S/c1-11-13(24-16(17)19-11)15(22)21-6-3-12(4-7-21)14-18-5-8-20(14)9-10-23-2/h5,8,12H,3-4,6-7,9-10H2,1-2H3,(H2,17,19). The predicted molar refractivity (Wildman–Crippen MR) is 93.2 cm³/mol. The Morgan fingerprint density at radius 3 is 2.83 bits per heavy atom. The van der Waals surface area contributed by atoms with Crippen LogP contribution >= 0.6 is 11.3 Å². The normalized spacial score (nSPS) is 15.8. The number of likely N-dealkylation sites (tertiary alicyclic amines) is 1. The summed E-state index contributed by atoms with van der Waals surface area (Å²) >= 11 is 1.27. The van der Waals surface area contributed by atoms with Gasteiger partial charge in [0.05, 0.1) is 12.3 Å². The number of aryl methyl sites for hydroxylation is 1. The number of hydrogen-bond acceptors (Lipinski definition) is 6. The van der Waals surface area contributed by atoms with Crippen molar-refractivity contribution in [3.8, 4) is 0 Å². The average Bonchev–Trinajstić information content (AvgIpc) is 3.18. The summed E-state index contributed by atoms with van der Waals surface area (Å²) in [7, 11) is 1.70. The van der Waals surface area contributed by atoms with E-state index in [9.17, 15) is 4.79 Å². The molecule has 1 saturated heterocycles. The van der Waals surface area contributed by atoms with Gasteiger partial charge < -0.3 is 19.9 Å². The number of piperidine rings is 1. The molecule has 0 unspecified atom stereocenters. The third-order valence-corrected chi connectivity index (χ3v) is 5.41. The van der Waals surface area contributed by atoms with Gasteiger partial charge in [-0.2, -0.15) is 0 Å². The maximum absolute atomic E-state index is 12.6. The van der Waals surface area contributed by atoms with Crippen LogP contribution in [0.3, 0.4) is 0 Å². The maximum atomic E-state index is 12.6. The molecular formula is C16H23N5O2S. The lowest BCUT2D eigenvalue weighted by Crippen LogP contribution is -2.38. The fourth-order valence-electron chi connectivity index (χ4n) is 3.16. The molecule has 1 amide bonds. The zero-order chi connectivity index (χ0) is 17.1. The van der Waals surface area contributed by atoms with Gasteiger partial charge in [0.15, 0.2) is 5.13 Å². The number of carbonyl (C=O) groups excluding carboxylic acids is 1. The Hall–Kier alpha value is -1.93. The van der Waals surface area contributed by atoms with Gasteiger partial charge in [0, 0.05) is 45.1 Å². The summed E-state index contributed by atoms with van der Waals surface area (Å²) in [4.78, 5) is 23.9. The number of carbonyl (C=O) groups is 1. The summed E-state index contributed by atoms with van der Waals surface area (Å²) in [6.45, 7) is 4.78. The van der Waals surface area contributed by atoms with E-state index in [1.165, 1.54) is 11.3 Å². The van der Waals surface area contributed by atoms with Crippen molar-refractivity contribution in [1.29, 1.82) is 0 Å². The zero-order valence-electron chi connectivity index (χ0n) is 14.1. The second-order valence-corrected chi connectivity index (χ2v) is 7.04. The molecule has 0 saturated carbocycles. The van der Waals surface area contributed by atoms with Crippen LogP contribution in [0, 0.1) is 6.92 Å². The highest BCUT2D eigenvalue weighted by Gasteiger charge is 2.28. The molecule has 130 valence electrons. The van der Waals surface area contributed by atoms with E-state index in [4.69, 9.17) is 10.5 Å². The molecule has 1 aliphatic heterocycles. The van der Waals surface area contributed by atoms with Gasteiger partial charge in [-0.3, -0.25) is 4.79 Å². The van der Waals surface area contributed by atoms with E-state index < -0.39 is 0 Å². The number of methoxy groups -OCH3 is 1. The summed E-state index contributed by atoms with van der Waals surface area (Å²) < 4.78 is 7.30. The molecule has 8 heteroatoms. The summed E-state index contributed by atoms with van der Waals surface area (Å²) in [6.07, 6.45) is 5.67. The van der Waals surface area contributed by atoms with Crippen molar-refractivity contribution in [1.82, 2.24) is 19.4 Å². The SMILES string of the molecule is COCCn1ccnc1C1CCN(C(=O)c2sc(N)nc2C)CC1. The summed E-state index contributed by atoms with van der Waals surface area (Å²) in [5.74, 6) is 1.52. The monoisotopic (exact) mass is 349 g/mol. The van der Waals surface area contributed by atoms with E-state index in [1.807, 2.05) is 24.2 Å². The Labute approximate surface area is 145 Å². The number of nitrogens with two attached hydrogens (primary N) is 1. The number of hydrogen-bond donors (Lipinski definition) is 1. The van der Waals surface area contributed by atoms with E-state index in [-0.39, 0.29) is 5.91 Å². The van der Waals surface area contributed by atoms with E-state index >= 15 is 0 Å². The largest absolute Gasteiger partial charge is 0.383 e. The first-order valence-electron chi connectivity index (χ1n) is 8.12. The van der Waals surface area contributed by atoms with Gasteiger partial charge in [0.2, 0.25) is 0 Å². The zero-order valence-corrected chi connectivity index (χ0v) is 14.9. The third kappa shape index (κ3) is 3.44. The molecule has 0 atom stereocenters. The minimum absolute atomic E-state index is 0.0443. The molecule has 2 aromatic rings. The number of imidazole rings is 1. The van der Waals surface area contributed by atoms with Gasteiger partial charge in [-0.1, -0.05) is 11.3 Å². The minimum Gasteiger partial charge on any atom is -0.383 e. The Balaban J connectivity index is 1.63. The number of ether oxygens (including phenoxy) is 1. The molecule has 0 aliphatic carbocycles. The fourth-order valence-corrected chi connectivity index (χ4v) is 3.96. The number of thiazole rings is 1. The highest BCUT2D eigenvalue weighted by molar-refractivity contribution is 7.17. The van der Waals surface area contributed by atoms with Crippen LogP contribution < -0.4 is 5.73 Å². The van der Waals surface area contributed by atoms with Crippen molar-refractivity contribution >= 4 is 22.4 Å². The van der Waals surface area contributed by atoms with Crippen molar-refractivity contribution in [2.45, 2.75) is 32.2 Å². The summed E-state index contributed by atoms with van der Waals surface area (Å²) in [5.41, 5.74) is 6.43. The quantitative estimate of drug-likeness (QED) is 0.891. The van der Waals surface area contributed by atoms with Crippen LogP contribution in [0.1, 0.15) is 39.9 Å². The van der Waals surface area contributed by atoms with Crippen molar-refractivity contribution in [3.63, 3.8) is 0 Å². The van der Waals surface area contributed by atoms with Crippen LogP contribution in [0.15, 0.2) is 12.4 Å². The first kappa shape index (κ1) is 16.9. The first-order valence-corrected chi connectivity index (χ1v) is 8.94. The Morgan fingerprint density at radius 2 is 2.21 bits per heavy atom. The lowest BCUT2D eigenvalue weighted by molar-refractivity contribution is 0.0714. The van der Waals surface area contributed by atoms with E-state index in [0.29, 0.717) is 22.5 Å². The highest BCUT2D eigenvalue weighted by Crippen LogP contribution is 2.29. The predicted octanol–water partition coefficient (Wildman–Crippen LogP) is 1.90. The maximum Gasteiger partial charge on any atom is 0.265 e. The number of nitrogen functional groups attached to an aromatic ring is 1. The van der Waals surface area contributed by atoms with E-state index in [2.05, 4.69) is 14.5 Å². The van der Waals surface area contributed by atoms with Gasteiger partial charge in [0.1, 0.15) is 10.7 Å². The molecule has 1 aliphatic rings. The Bertz CT molecular complexity index is 703. The highest BCUT2D eigenvalue weighted by atomic mass is 32.1. The molecule has 3 rings (SSSR count). The van der Waals surface area contributed by atoms with Gasteiger partial charge in [-0.05, 0) is 19.8 Å². The molecule has 2 aromatic heterocycles. The number of anilines is 1. The first-order chi connectivity index (χ1) is 11.6. The average molecular weight is 349 g/mol. The van der Waals surface area contributed by atoms with Crippen LogP contribution in [0.2, 0.25) is 0 Å². The minimum atomic E-state index is 0.0443. The number of rotatable bonds is 5. The second-order valence-electron chi connectivity index (χ2n) is 6.00. The molecule has 0 radical (unpaired) electrons. The van der Waals surface area contributed by atoms with Crippen molar-refractivity contribution < 1.29 is 9.53 Å². The second kappa shape index (κ2) is 7.31. The molecule has 0 bridgehead atoms.